The van der Waals surface area contributed by atoms with E-state index in [1.807, 2.05) is 55.0 Å². The number of hydrogen-bond acceptors (Lipinski definition) is 3. The van der Waals surface area contributed by atoms with Crippen LogP contribution in [0.15, 0.2) is 255 Å². The summed E-state index contributed by atoms with van der Waals surface area (Å²) < 4.78 is 0. The van der Waals surface area contributed by atoms with Gasteiger partial charge in [0.25, 0.3) is 0 Å². The summed E-state index contributed by atoms with van der Waals surface area (Å²) in [7, 11) is 0. The van der Waals surface area contributed by atoms with Crippen LogP contribution in [-0.2, 0) is 45.8 Å². The van der Waals surface area contributed by atoms with E-state index in [1.165, 1.54) is 55.6 Å². The Balaban J connectivity index is 0.00000602. The molecular formula is C71H50IrN3. The van der Waals surface area contributed by atoms with Crippen LogP contribution in [-0.4, -0.2) is 15.0 Å². The number of nitrogens with zero attached hydrogens (tertiary/aromatic N) is 3. The average Bonchev–Trinajstić information content (AvgIpc) is 3.50. The molecule has 3 aromatic heterocycles. The molecule has 75 heavy (non-hydrogen) atoms. The maximum atomic E-state index is 4.96. The van der Waals surface area contributed by atoms with Crippen LogP contribution < -0.4 is 0 Å². The van der Waals surface area contributed by atoms with Crippen molar-refractivity contribution in [2.24, 2.45) is 0 Å². The van der Waals surface area contributed by atoms with Gasteiger partial charge in [0.2, 0.25) is 0 Å². The summed E-state index contributed by atoms with van der Waals surface area (Å²) >= 11 is 0. The van der Waals surface area contributed by atoms with E-state index in [-0.39, 0.29) is 20.1 Å². The number of aryl methyl sites for hydroxylation is 4. The average molecular weight is 1140 g/mol. The van der Waals surface area contributed by atoms with Crippen LogP contribution in [0.4, 0.5) is 0 Å². The third-order valence-electron chi connectivity index (χ3n) is 14.0. The number of hydrogen-bond donors (Lipinski definition) is 0. The molecule has 3 heterocycles. The molecule has 0 bridgehead atoms. The van der Waals surface area contributed by atoms with Gasteiger partial charge in [-0.3, -0.25) is 0 Å². The zero-order chi connectivity index (χ0) is 49.5. The molecule has 12 rings (SSSR count). The van der Waals surface area contributed by atoms with E-state index in [0.29, 0.717) is 0 Å². The number of benzene rings is 9. The summed E-state index contributed by atoms with van der Waals surface area (Å²) in [6.45, 7) is 0. The first-order chi connectivity index (χ1) is 36.6. The molecule has 0 N–H and O–H groups in total. The van der Waals surface area contributed by atoms with E-state index in [9.17, 15) is 0 Å². The molecule has 0 radical (unpaired) electrons. The number of fused-ring (bicyclic) bond motifs is 1. The molecular weight excluding hydrogens is 1090 g/mol. The molecule has 0 saturated carbocycles. The Morgan fingerprint density at radius 2 is 0.773 bits per heavy atom. The Labute approximate surface area is 453 Å². The van der Waals surface area contributed by atoms with E-state index in [1.54, 1.807) is 0 Å². The van der Waals surface area contributed by atoms with Crippen molar-refractivity contribution >= 4 is 10.8 Å². The minimum Gasteiger partial charge on any atom is -0.305 e. The van der Waals surface area contributed by atoms with Crippen LogP contribution in [0, 0.1) is 18.2 Å². The van der Waals surface area contributed by atoms with Gasteiger partial charge in [-0.25, -0.2) is 0 Å². The van der Waals surface area contributed by atoms with Crippen LogP contribution in [0.1, 0.15) is 22.3 Å². The van der Waals surface area contributed by atoms with E-state index >= 15 is 0 Å². The van der Waals surface area contributed by atoms with Gasteiger partial charge in [-0.2, -0.15) is 0 Å². The zero-order valence-corrected chi connectivity index (χ0v) is 43.6. The zero-order valence-electron chi connectivity index (χ0n) is 41.3. The first kappa shape index (κ1) is 48.6. The maximum Gasteiger partial charge on any atom is 3.00 e. The largest absolute Gasteiger partial charge is 3.00 e. The number of pyridine rings is 3. The number of aromatic nitrogens is 3. The molecule has 0 saturated heterocycles. The van der Waals surface area contributed by atoms with E-state index in [0.717, 1.165) is 92.5 Å². The van der Waals surface area contributed by atoms with Crippen molar-refractivity contribution in [3.63, 3.8) is 0 Å². The molecule has 0 amide bonds. The molecule has 358 valence electrons. The second kappa shape index (κ2) is 22.6. The predicted octanol–water partition coefficient (Wildman–Crippen LogP) is 17.3. The smallest absolute Gasteiger partial charge is 0.305 e. The van der Waals surface area contributed by atoms with Crippen LogP contribution in [0.3, 0.4) is 0 Å². The van der Waals surface area contributed by atoms with Crippen LogP contribution in [0.5, 0.6) is 0 Å². The monoisotopic (exact) mass is 1140 g/mol. The summed E-state index contributed by atoms with van der Waals surface area (Å²) in [6, 6.07) is 95.2. The predicted molar refractivity (Wildman–Crippen MR) is 305 cm³/mol. The fourth-order valence-electron chi connectivity index (χ4n) is 10.0. The summed E-state index contributed by atoms with van der Waals surface area (Å²) in [4.78, 5) is 14.0. The van der Waals surface area contributed by atoms with E-state index in [4.69, 9.17) is 4.98 Å². The molecule has 0 atom stereocenters. The van der Waals surface area contributed by atoms with Gasteiger partial charge in [-0.05, 0) is 103 Å². The fraction of sp³-hybridized carbons (Fsp3) is 0.0563. The topological polar surface area (TPSA) is 38.7 Å². The van der Waals surface area contributed by atoms with Crippen LogP contribution in [0.25, 0.3) is 100 Å². The van der Waals surface area contributed by atoms with Crippen LogP contribution in [0.2, 0.25) is 0 Å². The molecule has 0 aliphatic carbocycles. The van der Waals surface area contributed by atoms with Gasteiger partial charge < -0.3 is 15.0 Å². The van der Waals surface area contributed by atoms with Gasteiger partial charge in [-0.1, -0.05) is 205 Å². The molecule has 0 aliphatic heterocycles. The minimum absolute atomic E-state index is 0. The standard InChI is InChI=1S/C71H50N3.Ir/c1-2-12-54(13-3-1)55-32-34-56(35-33-55)57-36-38-58(39-37-57)68-47-62(71-48-61-14-4-5-15-63(61)49-74-71)40-41-67(68)66-17-7-6-16-65(66)64-45-52(22-20-50-24-28-59(29-25-50)69-18-8-10-42-72-69)44-53(46-64)23-21-51-26-30-60(31-27-51)70-19-9-11-43-73-70;/h1-19,24-28,30,32-39,41-49H,20-23H2;/q-3;+3. The Bertz CT molecular complexity index is 3730. The van der Waals surface area contributed by atoms with Crippen molar-refractivity contribution in [3.8, 4) is 89.4 Å². The van der Waals surface area contributed by atoms with Crippen molar-refractivity contribution in [2.45, 2.75) is 25.7 Å². The minimum atomic E-state index is 0. The molecule has 0 unspecified atom stereocenters. The van der Waals surface area contributed by atoms with Crippen molar-refractivity contribution in [2.75, 3.05) is 0 Å². The molecule has 0 fully saturated rings. The molecule has 12 aromatic rings. The van der Waals surface area contributed by atoms with Gasteiger partial charge in [0.05, 0.1) is 0 Å². The maximum absolute atomic E-state index is 4.96. The Morgan fingerprint density at radius 3 is 1.33 bits per heavy atom. The fourth-order valence-corrected chi connectivity index (χ4v) is 10.0. The van der Waals surface area contributed by atoms with Gasteiger partial charge in [0.1, 0.15) is 0 Å². The van der Waals surface area contributed by atoms with Gasteiger partial charge in [0, 0.05) is 18.6 Å². The molecule has 0 aliphatic rings. The second-order valence-corrected chi connectivity index (χ2v) is 18.8. The summed E-state index contributed by atoms with van der Waals surface area (Å²) in [5.74, 6) is 0. The van der Waals surface area contributed by atoms with E-state index < -0.39 is 0 Å². The van der Waals surface area contributed by atoms with Gasteiger partial charge in [-0.15, -0.1) is 94.5 Å². The quantitative estimate of drug-likeness (QED) is 0.102. The third-order valence-corrected chi connectivity index (χ3v) is 14.0. The Kier molecular flexibility index (Phi) is 14.7. The Hall–Kier alpha value is -8.66. The summed E-state index contributed by atoms with van der Waals surface area (Å²) in [5.41, 5.74) is 22.5. The summed E-state index contributed by atoms with van der Waals surface area (Å²) in [6.07, 6.45) is 9.19. The third kappa shape index (κ3) is 11.1. The van der Waals surface area contributed by atoms with Gasteiger partial charge >= 0.3 is 20.1 Å². The second-order valence-electron chi connectivity index (χ2n) is 18.8. The molecule has 4 heteroatoms. The summed E-state index contributed by atoms with van der Waals surface area (Å²) in [5, 5.41) is 2.27. The molecule has 0 spiro atoms. The van der Waals surface area contributed by atoms with Crippen LogP contribution >= 0.6 is 0 Å². The van der Waals surface area contributed by atoms with Gasteiger partial charge in [0.15, 0.2) is 0 Å². The van der Waals surface area contributed by atoms with Crippen molar-refractivity contribution in [1.29, 1.82) is 0 Å². The SMILES string of the molecule is [Ir+3].[c-]1cc(CCc2cc(CCc3c[c-]c(-c4ccccn4)cc3)cc(-c3ccccc3-c3c[c-]c(-c4cc5ccccc5cn4)cc3-c3ccc(-c4ccc(-c5ccccc5)cc4)cc3)c2)ccc1-c1ccccn1. The van der Waals surface area contributed by atoms with Crippen molar-refractivity contribution in [3.05, 3.63) is 296 Å². The normalized spacial score (nSPS) is 11.0. The van der Waals surface area contributed by atoms with E-state index in [2.05, 4.69) is 228 Å². The number of rotatable bonds is 14. The first-order valence-corrected chi connectivity index (χ1v) is 25.4. The van der Waals surface area contributed by atoms with Crippen molar-refractivity contribution in [1.82, 2.24) is 15.0 Å². The first-order valence-electron chi connectivity index (χ1n) is 25.4. The van der Waals surface area contributed by atoms with Crippen molar-refractivity contribution < 1.29 is 20.1 Å². The Morgan fingerprint density at radius 1 is 0.280 bits per heavy atom. The molecule has 3 nitrogen and oxygen atoms in total. The molecule has 9 aromatic carbocycles.